The summed E-state index contributed by atoms with van der Waals surface area (Å²) in [6, 6.07) is 23.9. The zero-order chi connectivity index (χ0) is 22.1. The fourth-order valence-corrected chi connectivity index (χ4v) is 3.25. The van der Waals surface area contributed by atoms with Gasteiger partial charge in [-0.1, -0.05) is 78.6 Å². The second-order valence-corrected chi connectivity index (χ2v) is 8.33. The molecule has 0 aliphatic heterocycles. The van der Waals surface area contributed by atoms with E-state index >= 15 is 0 Å². The van der Waals surface area contributed by atoms with Crippen LogP contribution in [-0.4, -0.2) is 31.1 Å². The van der Waals surface area contributed by atoms with Crippen molar-refractivity contribution >= 4 is 16.7 Å². The number of fused-ring (bicyclic) bond motifs is 1. The van der Waals surface area contributed by atoms with Gasteiger partial charge in [0.05, 0.1) is 11.0 Å². The Bertz CT molecular complexity index is 1100. The lowest BCUT2D eigenvalue weighted by Crippen LogP contribution is -2.20. The van der Waals surface area contributed by atoms with Gasteiger partial charge in [-0.3, -0.25) is 4.90 Å². The van der Waals surface area contributed by atoms with Crippen LogP contribution in [0.4, 0.5) is 0 Å². The fraction of sp³-hybridized carbons (Fsp3) is 0.250. The Hall–Kier alpha value is -3.35. The second-order valence-electron chi connectivity index (χ2n) is 8.33. The lowest BCUT2D eigenvalue weighted by Gasteiger charge is -2.17. The maximum absolute atomic E-state index is 12.1. The van der Waals surface area contributed by atoms with Crippen LogP contribution in [0.25, 0.3) is 10.8 Å². The van der Waals surface area contributed by atoms with Gasteiger partial charge in [0.25, 0.3) is 0 Å². The zero-order valence-electron chi connectivity index (χ0n) is 18.5. The number of benzene rings is 3. The first kappa shape index (κ1) is 22.3. The number of hydrogen-bond acceptors (Lipinski definition) is 3. The van der Waals surface area contributed by atoms with Crippen molar-refractivity contribution < 1.29 is 9.53 Å². The molecule has 0 bridgehead atoms. The van der Waals surface area contributed by atoms with E-state index in [1.54, 1.807) is 12.1 Å². The highest BCUT2D eigenvalue weighted by molar-refractivity contribution is 5.89. The predicted molar refractivity (Wildman–Crippen MR) is 128 cm³/mol. The van der Waals surface area contributed by atoms with Crippen molar-refractivity contribution in [1.82, 2.24) is 4.90 Å². The molecule has 0 aromatic heterocycles. The molecule has 0 saturated heterocycles. The number of likely N-dealkylation sites (N-methyl/N-ethyl adjacent to an activating group) is 1. The Balaban J connectivity index is 1.48. The number of ether oxygens (including phenoxy) is 1. The lowest BCUT2D eigenvalue weighted by atomic mass is 9.96. The Morgan fingerprint density at radius 2 is 1.71 bits per heavy atom. The van der Waals surface area contributed by atoms with Crippen LogP contribution in [0, 0.1) is 17.3 Å². The van der Waals surface area contributed by atoms with Gasteiger partial charge in [-0.2, -0.15) is 0 Å². The fourth-order valence-electron chi connectivity index (χ4n) is 3.25. The molecule has 0 fully saturated rings. The summed E-state index contributed by atoms with van der Waals surface area (Å²) in [6.07, 6.45) is 3.94. The number of carbonyl (C=O) groups excluding carboxylic acids is 1. The van der Waals surface area contributed by atoms with Crippen molar-refractivity contribution in [3.8, 4) is 11.8 Å². The van der Waals surface area contributed by atoms with Crippen molar-refractivity contribution in [2.24, 2.45) is 5.41 Å². The molecule has 3 aromatic rings. The minimum atomic E-state index is -0.413. The number of allylic oxidation sites excluding steroid dienone is 1. The van der Waals surface area contributed by atoms with Crippen LogP contribution in [-0.2, 0) is 11.3 Å². The van der Waals surface area contributed by atoms with Crippen LogP contribution < -0.4 is 0 Å². The van der Waals surface area contributed by atoms with Crippen molar-refractivity contribution in [3.63, 3.8) is 0 Å². The van der Waals surface area contributed by atoms with Crippen molar-refractivity contribution in [2.45, 2.75) is 20.4 Å². The van der Waals surface area contributed by atoms with Crippen molar-refractivity contribution in [3.05, 3.63) is 96.1 Å². The molecule has 3 heteroatoms. The third-order valence-electron chi connectivity index (χ3n) is 4.92. The van der Waals surface area contributed by atoms with Crippen LogP contribution >= 0.6 is 0 Å². The van der Waals surface area contributed by atoms with Gasteiger partial charge in [-0.15, -0.1) is 0 Å². The SMILES string of the molecule is CN(CC=CC#CC(C)(C)COC(=O)c1ccccc1)Cc1cccc2ccccc12. The molecule has 0 amide bonds. The molecule has 31 heavy (non-hydrogen) atoms. The third-order valence-corrected chi connectivity index (χ3v) is 4.92. The molecule has 0 saturated carbocycles. The first-order valence-corrected chi connectivity index (χ1v) is 10.5. The molecule has 0 radical (unpaired) electrons. The highest BCUT2D eigenvalue weighted by Crippen LogP contribution is 2.19. The van der Waals surface area contributed by atoms with Gasteiger partial charge in [-0.05, 0) is 55.4 Å². The monoisotopic (exact) mass is 411 g/mol. The Morgan fingerprint density at radius 1 is 1.00 bits per heavy atom. The smallest absolute Gasteiger partial charge is 0.338 e. The number of esters is 1. The summed E-state index contributed by atoms with van der Waals surface area (Å²) in [5.74, 6) is 5.95. The van der Waals surface area contributed by atoms with E-state index in [9.17, 15) is 4.79 Å². The summed E-state index contributed by atoms with van der Waals surface area (Å²) in [5.41, 5.74) is 1.46. The van der Waals surface area contributed by atoms with Crippen LogP contribution in [0.5, 0.6) is 0 Å². The maximum Gasteiger partial charge on any atom is 0.338 e. The molecule has 0 aliphatic rings. The highest BCUT2D eigenvalue weighted by atomic mass is 16.5. The molecular formula is C28H29NO2. The summed E-state index contributed by atoms with van der Waals surface area (Å²) < 4.78 is 5.42. The Kier molecular flexibility index (Phi) is 7.65. The minimum Gasteiger partial charge on any atom is -0.461 e. The molecule has 0 aliphatic carbocycles. The quantitative estimate of drug-likeness (QED) is 0.368. The van der Waals surface area contributed by atoms with E-state index in [-0.39, 0.29) is 12.6 Å². The van der Waals surface area contributed by atoms with Crippen LogP contribution in [0.15, 0.2) is 84.9 Å². The van der Waals surface area contributed by atoms with Gasteiger partial charge in [-0.25, -0.2) is 4.79 Å². The minimum absolute atomic E-state index is 0.253. The predicted octanol–water partition coefficient (Wildman–Crippen LogP) is 5.71. The topological polar surface area (TPSA) is 29.5 Å². The molecular weight excluding hydrogens is 382 g/mol. The van der Waals surface area contributed by atoms with Crippen LogP contribution in [0.3, 0.4) is 0 Å². The molecule has 0 unspecified atom stereocenters. The summed E-state index contributed by atoms with van der Waals surface area (Å²) in [4.78, 5) is 14.3. The Labute approximate surface area is 185 Å². The molecule has 158 valence electrons. The van der Waals surface area contributed by atoms with E-state index in [4.69, 9.17) is 4.74 Å². The largest absolute Gasteiger partial charge is 0.461 e. The number of rotatable bonds is 7. The molecule has 3 rings (SSSR count). The van der Waals surface area contributed by atoms with E-state index in [1.165, 1.54) is 16.3 Å². The van der Waals surface area contributed by atoms with Gasteiger partial charge in [0.2, 0.25) is 0 Å². The normalized spacial score (nSPS) is 11.5. The second kappa shape index (κ2) is 10.6. The van der Waals surface area contributed by atoms with Gasteiger partial charge in [0.15, 0.2) is 0 Å². The van der Waals surface area contributed by atoms with E-state index in [2.05, 4.69) is 72.3 Å². The first-order chi connectivity index (χ1) is 14.9. The summed E-state index contributed by atoms with van der Waals surface area (Å²) in [6.45, 7) is 5.88. The summed E-state index contributed by atoms with van der Waals surface area (Å²) in [5, 5.41) is 2.57. The number of carbonyl (C=O) groups is 1. The van der Waals surface area contributed by atoms with E-state index in [1.807, 2.05) is 38.1 Å². The maximum atomic E-state index is 12.1. The van der Waals surface area contributed by atoms with Crippen molar-refractivity contribution in [1.29, 1.82) is 0 Å². The average molecular weight is 412 g/mol. The average Bonchev–Trinajstić information content (AvgIpc) is 2.78. The van der Waals surface area contributed by atoms with Crippen molar-refractivity contribution in [2.75, 3.05) is 20.2 Å². The van der Waals surface area contributed by atoms with E-state index in [0.29, 0.717) is 5.56 Å². The molecule has 0 heterocycles. The standard InChI is InChI=1S/C28H29NO2/c1-28(2,22-31-27(30)24-14-6-4-7-15-24)19-10-5-11-20-29(3)21-25-17-12-16-23-13-8-9-18-26(23)25/h4-9,11-18H,20-22H2,1-3H3. The molecule has 0 atom stereocenters. The zero-order valence-corrected chi connectivity index (χ0v) is 18.5. The lowest BCUT2D eigenvalue weighted by molar-refractivity contribution is 0.0409. The van der Waals surface area contributed by atoms with Gasteiger partial charge >= 0.3 is 5.97 Å². The highest BCUT2D eigenvalue weighted by Gasteiger charge is 2.18. The molecule has 0 spiro atoms. The summed E-state index contributed by atoms with van der Waals surface area (Å²) >= 11 is 0. The first-order valence-electron chi connectivity index (χ1n) is 10.5. The molecule has 3 nitrogen and oxygen atoms in total. The van der Waals surface area contributed by atoms with Gasteiger partial charge in [0, 0.05) is 13.1 Å². The molecule has 3 aromatic carbocycles. The number of nitrogens with zero attached hydrogens (tertiary/aromatic N) is 1. The number of hydrogen-bond donors (Lipinski definition) is 0. The third kappa shape index (κ3) is 6.84. The Morgan fingerprint density at radius 3 is 2.52 bits per heavy atom. The van der Waals surface area contributed by atoms with Gasteiger partial charge in [0.1, 0.15) is 6.61 Å². The van der Waals surface area contributed by atoms with Gasteiger partial charge < -0.3 is 4.74 Å². The van der Waals surface area contributed by atoms with E-state index < -0.39 is 5.41 Å². The van der Waals surface area contributed by atoms with Crippen LogP contribution in [0.1, 0.15) is 29.8 Å². The molecule has 0 N–H and O–H groups in total. The van der Waals surface area contributed by atoms with Crippen LogP contribution in [0.2, 0.25) is 0 Å². The van der Waals surface area contributed by atoms with E-state index in [0.717, 1.165) is 13.1 Å². The summed E-state index contributed by atoms with van der Waals surface area (Å²) in [7, 11) is 2.10.